The number of rotatable bonds is 5. The summed E-state index contributed by atoms with van der Waals surface area (Å²) in [5.41, 5.74) is 2.35. The van der Waals surface area contributed by atoms with E-state index < -0.39 is 11.7 Å². The third-order valence-corrected chi connectivity index (χ3v) is 2.83. The van der Waals surface area contributed by atoms with Crippen LogP contribution in [0.15, 0.2) is 53.6 Å². The molecule has 0 aliphatic carbocycles. The van der Waals surface area contributed by atoms with E-state index in [1.807, 2.05) is 6.07 Å². The van der Waals surface area contributed by atoms with Crippen molar-refractivity contribution in [3.8, 4) is 5.75 Å². The molecule has 0 saturated carbocycles. The van der Waals surface area contributed by atoms with Crippen molar-refractivity contribution in [3.63, 3.8) is 0 Å². The fourth-order valence-corrected chi connectivity index (χ4v) is 1.71. The first kappa shape index (κ1) is 15.0. The van der Waals surface area contributed by atoms with Crippen LogP contribution in [0.1, 0.15) is 5.56 Å². The molecule has 0 bridgehead atoms. The number of benzene rings is 2. The molecule has 0 aromatic heterocycles. The summed E-state index contributed by atoms with van der Waals surface area (Å²) in [5.74, 6) is -0.391. The average Bonchev–Trinajstić information content (AvgIpc) is 2.49. The smallest absolute Gasteiger partial charge is 0.277 e. The second-order valence-corrected chi connectivity index (χ2v) is 4.44. The topological polar surface area (TPSA) is 50.7 Å². The highest BCUT2D eigenvalue weighted by molar-refractivity contribution is 6.33. The van der Waals surface area contributed by atoms with E-state index in [1.54, 1.807) is 24.3 Å². The quantitative estimate of drug-likeness (QED) is 0.682. The van der Waals surface area contributed by atoms with Crippen molar-refractivity contribution in [2.24, 2.45) is 5.10 Å². The number of halogens is 2. The zero-order chi connectivity index (χ0) is 15.1. The number of nitrogens with zero attached hydrogens (tertiary/aromatic N) is 1. The standard InChI is InChI=1S/C15H12ClFN2O2/c16-13-7-4-8-14(17)12(13)9-18-19-15(20)10-21-11-5-2-1-3-6-11/h1-9H,10H2,(H,19,20)/b18-9-. The van der Waals surface area contributed by atoms with Crippen molar-refractivity contribution in [1.82, 2.24) is 5.43 Å². The molecule has 0 fully saturated rings. The minimum Gasteiger partial charge on any atom is -0.484 e. The van der Waals surface area contributed by atoms with Gasteiger partial charge in [0.25, 0.3) is 5.91 Å². The van der Waals surface area contributed by atoms with Gasteiger partial charge in [0.05, 0.1) is 11.2 Å². The van der Waals surface area contributed by atoms with E-state index in [-0.39, 0.29) is 17.2 Å². The Kier molecular flexibility index (Phi) is 5.29. The van der Waals surface area contributed by atoms with Crippen molar-refractivity contribution in [2.45, 2.75) is 0 Å². The van der Waals surface area contributed by atoms with Crippen LogP contribution < -0.4 is 10.2 Å². The normalized spacial score (nSPS) is 10.6. The van der Waals surface area contributed by atoms with E-state index >= 15 is 0 Å². The lowest BCUT2D eigenvalue weighted by molar-refractivity contribution is -0.123. The molecule has 0 heterocycles. The van der Waals surface area contributed by atoms with E-state index in [0.717, 1.165) is 6.21 Å². The van der Waals surface area contributed by atoms with Gasteiger partial charge in [-0.3, -0.25) is 4.79 Å². The first-order chi connectivity index (χ1) is 10.2. The predicted molar refractivity (Wildman–Crippen MR) is 79.1 cm³/mol. The zero-order valence-corrected chi connectivity index (χ0v) is 11.7. The highest BCUT2D eigenvalue weighted by Gasteiger charge is 2.04. The largest absolute Gasteiger partial charge is 0.484 e. The first-order valence-electron chi connectivity index (χ1n) is 6.10. The number of para-hydroxylation sites is 1. The van der Waals surface area contributed by atoms with E-state index in [4.69, 9.17) is 16.3 Å². The minimum atomic E-state index is -0.513. The molecule has 0 atom stereocenters. The molecule has 1 N–H and O–H groups in total. The van der Waals surface area contributed by atoms with Crippen LogP contribution in [-0.2, 0) is 4.79 Å². The molecule has 0 aliphatic rings. The summed E-state index contributed by atoms with van der Waals surface area (Å²) >= 11 is 5.82. The fraction of sp³-hybridized carbons (Fsp3) is 0.0667. The molecule has 1 amide bonds. The summed E-state index contributed by atoms with van der Waals surface area (Å²) in [5, 5.41) is 3.86. The molecule has 2 aromatic rings. The highest BCUT2D eigenvalue weighted by atomic mass is 35.5. The Morgan fingerprint density at radius 3 is 2.71 bits per heavy atom. The van der Waals surface area contributed by atoms with Crippen LogP contribution in [0.3, 0.4) is 0 Å². The molecule has 21 heavy (non-hydrogen) atoms. The summed E-state index contributed by atoms with van der Waals surface area (Å²) < 4.78 is 18.7. The molecular formula is C15H12ClFN2O2. The van der Waals surface area contributed by atoms with Crippen LogP contribution in [0.25, 0.3) is 0 Å². The molecule has 0 aliphatic heterocycles. The van der Waals surface area contributed by atoms with Crippen molar-refractivity contribution in [1.29, 1.82) is 0 Å². The van der Waals surface area contributed by atoms with Gasteiger partial charge in [-0.1, -0.05) is 35.9 Å². The van der Waals surface area contributed by atoms with Gasteiger partial charge in [0.2, 0.25) is 0 Å². The number of carbonyl (C=O) groups excluding carboxylic acids is 1. The van der Waals surface area contributed by atoms with Crippen LogP contribution in [-0.4, -0.2) is 18.7 Å². The lowest BCUT2D eigenvalue weighted by atomic mass is 10.2. The van der Waals surface area contributed by atoms with Crippen molar-refractivity contribution in [3.05, 3.63) is 64.9 Å². The van der Waals surface area contributed by atoms with Crippen molar-refractivity contribution < 1.29 is 13.9 Å². The number of amides is 1. The van der Waals surface area contributed by atoms with Gasteiger partial charge in [-0.05, 0) is 24.3 Å². The lowest BCUT2D eigenvalue weighted by Crippen LogP contribution is -2.24. The van der Waals surface area contributed by atoms with Gasteiger partial charge in [0, 0.05) is 5.56 Å². The lowest BCUT2D eigenvalue weighted by Gasteiger charge is -2.04. The van der Waals surface area contributed by atoms with E-state index in [9.17, 15) is 9.18 Å². The SMILES string of the molecule is O=C(COc1ccccc1)N/N=C\c1c(F)cccc1Cl. The number of carbonyl (C=O) groups is 1. The van der Waals surface area contributed by atoms with Crippen LogP contribution in [0.4, 0.5) is 4.39 Å². The van der Waals surface area contributed by atoms with Gasteiger partial charge in [-0.2, -0.15) is 5.10 Å². The summed E-state index contributed by atoms with van der Waals surface area (Å²) in [7, 11) is 0. The number of hydrazone groups is 1. The third-order valence-electron chi connectivity index (χ3n) is 2.50. The zero-order valence-electron chi connectivity index (χ0n) is 10.9. The molecule has 0 saturated heterocycles. The van der Waals surface area contributed by atoms with E-state index in [0.29, 0.717) is 5.75 Å². The molecule has 2 rings (SSSR count). The number of nitrogens with one attached hydrogen (secondary N) is 1. The monoisotopic (exact) mass is 306 g/mol. The number of ether oxygens (including phenoxy) is 1. The predicted octanol–water partition coefficient (Wildman–Crippen LogP) is 3.01. The average molecular weight is 307 g/mol. The molecular weight excluding hydrogens is 295 g/mol. The van der Waals surface area contributed by atoms with Gasteiger partial charge in [0.15, 0.2) is 6.61 Å². The number of hydrogen-bond donors (Lipinski definition) is 1. The summed E-state index contributed by atoms with van der Waals surface area (Å²) in [4.78, 5) is 11.5. The first-order valence-corrected chi connectivity index (χ1v) is 6.48. The molecule has 108 valence electrons. The van der Waals surface area contributed by atoms with Gasteiger partial charge < -0.3 is 4.74 Å². The Bertz CT molecular complexity index is 627. The van der Waals surface area contributed by atoms with Crippen LogP contribution >= 0.6 is 11.6 Å². The van der Waals surface area contributed by atoms with Crippen LogP contribution in [0, 0.1) is 5.82 Å². The summed E-state index contributed by atoms with van der Waals surface area (Å²) in [6.07, 6.45) is 1.15. The molecule has 0 spiro atoms. The van der Waals surface area contributed by atoms with Crippen molar-refractivity contribution in [2.75, 3.05) is 6.61 Å². The third kappa shape index (κ3) is 4.57. The minimum absolute atomic E-state index is 0.114. The van der Waals surface area contributed by atoms with E-state index in [2.05, 4.69) is 10.5 Å². The Morgan fingerprint density at radius 1 is 1.24 bits per heavy atom. The van der Waals surface area contributed by atoms with Crippen LogP contribution in [0.5, 0.6) is 5.75 Å². The maximum Gasteiger partial charge on any atom is 0.277 e. The second-order valence-electron chi connectivity index (χ2n) is 4.03. The summed E-state index contributed by atoms with van der Waals surface area (Å²) in [6, 6.07) is 13.2. The van der Waals surface area contributed by atoms with Crippen LogP contribution in [0.2, 0.25) is 5.02 Å². The molecule has 2 aromatic carbocycles. The van der Waals surface area contributed by atoms with Gasteiger partial charge in [-0.25, -0.2) is 9.82 Å². The van der Waals surface area contributed by atoms with E-state index in [1.165, 1.54) is 18.2 Å². The van der Waals surface area contributed by atoms with Crippen molar-refractivity contribution >= 4 is 23.7 Å². The second kappa shape index (κ2) is 7.40. The maximum absolute atomic E-state index is 13.4. The van der Waals surface area contributed by atoms with Gasteiger partial charge in [0.1, 0.15) is 11.6 Å². The van der Waals surface area contributed by atoms with Gasteiger partial charge in [-0.15, -0.1) is 0 Å². The molecule has 0 radical (unpaired) electrons. The van der Waals surface area contributed by atoms with Gasteiger partial charge >= 0.3 is 0 Å². The highest BCUT2D eigenvalue weighted by Crippen LogP contribution is 2.16. The Balaban J connectivity index is 1.85. The fourth-order valence-electron chi connectivity index (χ4n) is 1.50. The number of hydrogen-bond acceptors (Lipinski definition) is 3. The molecule has 0 unspecified atom stereocenters. The molecule has 4 nitrogen and oxygen atoms in total. The Morgan fingerprint density at radius 2 is 2.00 bits per heavy atom. The molecule has 6 heteroatoms. The Labute approximate surface area is 126 Å². The Hall–Kier alpha value is -2.40. The maximum atomic E-state index is 13.4. The summed E-state index contributed by atoms with van der Waals surface area (Å²) in [6.45, 7) is -0.188.